The van der Waals surface area contributed by atoms with E-state index < -0.39 is 0 Å². The van der Waals surface area contributed by atoms with Crippen LogP contribution >= 0.6 is 0 Å². The van der Waals surface area contributed by atoms with Gasteiger partial charge in [-0.25, -0.2) is 19.2 Å². The Kier molecular flexibility index (Phi) is 6.13. The minimum atomic E-state index is -0.280. The molecule has 160 valence electrons. The Morgan fingerprint density at radius 3 is 2.63 bits per heavy atom. The van der Waals surface area contributed by atoms with Crippen LogP contribution in [0.15, 0.2) is 30.6 Å². The Labute approximate surface area is 176 Å². The molecule has 2 aliphatic rings. The lowest BCUT2D eigenvalue weighted by Gasteiger charge is -2.38. The molecule has 2 heterocycles. The zero-order valence-corrected chi connectivity index (χ0v) is 17.4. The van der Waals surface area contributed by atoms with Gasteiger partial charge in [-0.15, -0.1) is 0 Å². The first kappa shape index (κ1) is 20.5. The van der Waals surface area contributed by atoms with E-state index in [0.29, 0.717) is 38.6 Å². The Balaban J connectivity index is 1.41. The molecule has 8 heteroatoms. The predicted octanol–water partition coefficient (Wildman–Crippen LogP) is 2.37. The first-order valence-electron chi connectivity index (χ1n) is 10.6. The second kappa shape index (κ2) is 8.95. The summed E-state index contributed by atoms with van der Waals surface area (Å²) in [4.78, 5) is 28.0. The van der Waals surface area contributed by atoms with Crippen LogP contribution in [-0.2, 0) is 13.0 Å². The third-order valence-corrected chi connectivity index (χ3v) is 6.06. The minimum absolute atomic E-state index is 0.0225. The number of nitrogens with two attached hydrogens (primary N) is 1. The number of urea groups is 1. The lowest BCUT2D eigenvalue weighted by Crippen LogP contribution is -2.53. The molecule has 7 nitrogen and oxygen atoms in total. The number of hydrogen-bond donors (Lipinski definition) is 1. The third-order valence-electron chi connectivity index (χ3n) is 6.06. The highest BCUT2D eigenvalue weighted by atomic mass is 19.1. The molecule has 2 amide bonds. The number of benzene rings is 1. The fourth-order valence-corrected chi connectivity index (χ4v) is 4.39. The molecule has 1 aliphatic heterocycles. The molecule has 0 unspecified atom stereocenters. The number of fused-ring (bicyclic) bond motifs is 1. The number of carbonyl (C=O) groups excluding carboxylic acids is 1. The summed E-state index contributed by atoms with van der Waals surface area (Å²) in [7, 11) is 0. The topological polar surface area (TPSA) is 78.6 Å². The number of aromatic nitrogens is 2. The van der Waals surface area contributed by atoms with Crippen molar-refractivity contribution in [2.24, 2.45) is 5.73 Å². The fourth-order valence-electron chi connectivity index (χ4n) is 4.39. The van der Waals surface area contributed by atoms with Crippen molar-refractivity contribution in [3.63, 3.8) is 0 Å². The SMILES string of the molecule is C[C@@H]1CCc2ncnc(N3CCN(C(=O)N(CCN)Cc4ccc(F)cc4)CC3)c21. The van der Waals surface area contributed by atoms with Gasteiger partial charge in [0.1, 0.15) is 18.0 Å². The molecular formula is C22H29FN6O. The number of amides is 2. The molecule has 2 N–H and O–H groups in total. The van der Waals surface area contributed by atoms with E-state index in [9.17, 15) is 9.18 Å². The lowest BCUT2D eigenvalue weighted by atomic mass is 10.1. The van der Waals surface area contributed by atoms with E-state index >= 15 is 0 Å². The van der Waals surface area contributed by atoms with Gasteiger partial charge in [0.15, 0.2) is 0 Å². The minimum Gasteiger partial charge on any atom is -0.353 e. The second-order valence-electron chi connectivity index (χ2n) is 8.09. The number of halogens is 1. The molecule has 0 saturated carbocycles. The Bertz CT molecular complexity index is 882. The summed E-state index contributed by atoms with van der Waals surface area (Å²) in [6, 6.07) is 6.23. The largest absolute Gasteiger partial charge is 0.353 e. The number of carbonyl (C=O) groups is 1. The van der Waals surface area contributed by atoms with Crippen LogP contribution in [0, 0.1) is 5.82 Å². The van der Waals surface area contributed by atoms with Gasteiger partial charge in [0.2, 0.25) is 0 Å². The lowest BCUT2D eigenvalue weighted by molar-refractivity contribution is 0.148. The predicted molar refractivity (Wildman–Crippen MR) is 114 cm³/mol. The Morgan fingerprint density at radius 1 is 1.20 bits per heavy atom. The molecule has 2 aromatic rings. The summed E-state index contributed by atoms with van der Waals surface area (Å²) in [6.45, 7) is 6.27. The highest BCUT2D eigenvalue weighted by Crippen LogP contribution is 2.37. The molecule has 1 atom stereocenters. The highest BCUT2D eigenvalue weighted by molar-refractivity contribution is 5.75. The first-order valence-corrected chi connectivity index (χ1v) is 10.6. The van der Waals surface area contributed by atoms with E-state index in [1.807, 2.05) is 4.90 Å². The van der Waals surface area contributed by atoms with E-state index in [0.717, 1.165) is 37.3 Å². The van der Waals surface area contributed by atoms with Gasteiger partial charge in [0.05, 0.1) is 0 Å². The molecule has 1 aromatic heterocycles. The van der Waals surface area contributed by atoms with E-state index in [1.54, 1.807) is 23.4 Å². The van der Waals surface area contributed by atoms with Crippen molar-refractivity contribution in [3.05, 3.63) is 53.2 Å². The summed E-state index contributed by atoms with van der Waals surface area (Å²) in [5.41, 5.74) is 9.08. The van der Waals surface area contributed by atoms with Gasteiger partial charge in [0.25, 0.3) is 0 Å². The van der Waals surface area contributed by atoms with Gasteiger partial charge in [-0.2, -0.15) is 0 Å². The summed E-state index contributed by atoms with van der Waals surface area (Å²) in [5, 5.41) is 0. The van der Waals surface area contributed by atoms with Crippen LogP contribution in [0.2, 0.25) is 0 Å². The zero-order valence-electron chi connectivity index (χ0n) is 17.4. The molecule has 0 radical (unpaired) electrons. The quantitative estimate of drug-likeness (QED) is 0.816. The number of rotatable bonds is 5. The molecular weight excluding hydrogens is 383 g/mol. The maximum atomic E-state index is 13.2. The molecule has 30 heavy (non-hydrogen) atoms. The number of hydrogen-bond acceptors (Lipinski definition) is 5. The van der Waals surface area contributed by atoms with E-state index in [4.69, 9.17) is 5.73 Å². The Morgan fingerprint density at radius 2 is 1.93 bits per heavy atom. The van der Waals surface area contributed by atoms with Crippen molar-refractivity contribution in [3.8, 4) is 0 Å². The number of anilines is 1. The number of aryl methyl sites for hydroxylation is 1. The van der Waals surface area contributed by atoms with Gasteiger partial charge in [-0.1, -0.05) is 19.1 Å². The van der Waals surface area contributed by atoms with Crippen molar-refractivity contribution in [1.82, 2.24) is 19.8 Å². The summed E-state index contributed by atoms with van der Waals surface area (Å²) in [6.07, 6.45) is 3.80. The molecule has 1 saturated heterocycles. The van der Waals surface area contributed by atoms with Crippen LogP contribution in [0.3, 0.4) is 0 Å². The van der Waals surface area contributed by atoms with E-state index in [2.05, 4.69) is 21.8 Å². The Hall–Kier alpha value is -2.74. The monoisotopic (exact) mass is 412 g/mol. The van der Waals surface area contributed by atoms with Crippen LogP contribution in [-0.4, -0.2) is 65.1 Å². The third kappa shape index (κ3) is 4.23. The van der Waals surface area contributed by atoms with E-state index in [1.165, 1.54) is 23.4 Å². The average Bonchev–Trinajstić information content (AvgIpc) is 3.16. The van der Waals surface area contributed by atoms with Crippen molar-refractivity contribution in [2.45, 2.75) is 32.2 Å². The van der Waals surface area contributed by atoms with Gasteiger partial charge in [0, 0.05) is 57.1 Å². The van der Waals surface area contributed by atoms with E-state index in [-0.39, 0.29) is 11.8 Å². The van der Waals surface area contributed by atoms with Crippen molar-refractivity contribution in [1.29, 1.82) is 0 Å². The summed E-state index contributed by atoms with van der Waals surface area (Å²) < 4.78 is 13.2. The van der Waals surface area contributed by atoms with Crippen LogP contribution < -0.4 is 10.6 Å². The van der Waals surface area contributed by atoms with Crippen LogP contribution in [0.1, 0.15) is 36.1 Å². The maximum absolute atomic E-state index is 13.2. The van der Waals surface area contributed by atoms with Crippen molar-refractivity contribution >= 4 is 11.8 Å². The average molecular weight is 413 g/mol. The highest BCUT2D eigenvalue weighted by Gasteiger charge is 2.30. The zero-order chi connectivity index (χ0) is 21.1. The van der Waals surface area contributed by atoms with Crippen LogP contribution in [0.5, 0.6) is 0 Å². The normalized spacial score (nSPS) is 18.4. The van der Waals surface area contributed by atoms with Crippen LogP contribution in [0.25, 0.3) is 0 Å². The van der Waals surface area contributed by atoms with Crippen molar-refractivity contribution in [2.75, 3.05) is 44.2 Å². The molecule has 1 aromatic carbocycles. The molecule has 0 spiro atoms. The number of nitrogens with zero attached hydrogens (tertiary/aromatic N) is 5. The molecule has 4 rings (SSSR count). The van der Waals surface area contributed by atoms with Gasteiger partial charge in [-0.3, -0.25) is 0 Å². The smallest absolute Gasteiger partial charge is 0.320 e. The molecule has 1 aliphatic carbocycles. The second-order valence-corrected chi connectivity index (χ2v) is 8.09. The molecule has 0 bridgehead atoms. The van der Waals surface area contributed by atoms with Crippen LogP contribution in [0.4, 0.5) is 15.0 Å². The fraction of sp³-hybridized carbons (Fsp3) is 0.500. The summed E-state index contributed by atoms with van der Waals surface area (Å²) in [5.74, 6) is 1.23. The molecule has 1 fully saturated rings. The van der Waals surface area contributed by atoms with Gasteiger partial charge in [-0.05, 0) is 36.5 Å². The standard InChI is InChI=1S/C22H29FN6O/c1-16-2-7-19-20(16)21(26-15-25-19)27-10-12-28(13-11-27)22(30)29(9-8-24)14-17-3-5-18(23)6-4-17/h3-6,15-16H,2,7-14,24H2,1H3/t16-/m1/s1. The summed E-state index contributed by atoms with van der Waals surface area (Å²) >= 11 is 0. The van der Waals surface area contributed by atoms with Gasteiger partial charge < -0.3 is 20.4 Å². The first-order chi connectivity index (χ1) is 14.6. The number of piperazine rings is 1. The van der Waals surface area contributed by atoms with Crippen molar-refractivity contribution < 1.29 is 9.18 Å². The maximum Gasteiger partial charge on any atom is 0.320 e. The van der Waals surface area contributed by atoms with Gasteiger partial charge >= 0.3 is 6.03 Å².